The van der Waals surface area contributed by atoms with Crippen LogP contribution in [0.2, 0.25) is 0 Å². The van der Waals surface area contributed by atoms with Crippen molar-refractivity contribution in [3.63, 3.8) is 0 Å². The van der Waals surface area contributed by atoms with Crippen LogP contribution in [0.25, 0.3) is 0 Å². The average Bonchev–Trinajstić information content (AvgIpc) is 3.13. The van der Waals surface area contributed by atoms with Crippen LogP contribution in [0.15, 0.2) is 0 Å². The molecule has 1 amide bonds. The first kappa shape index (κ1) is 15.8. The SMILES string of the molecule is CN(CCC1CC1)C(=O)CC1CCCCC1N.Cl. The van der Waals surface area contributed by atoms with Crippen molar-refractivity contribution in [1.82, 2.24) is 4.90 Å². The predicted octanol–water partition coefficient (Wildman–Crippen LogP) is 2.57. The third-order valence-electron chi connectivity index (χ3n) is 4.40. The Bertz CT molecular complexity index is 269. The van der Waals surface area contributed by atoms with E-state index in [9.17, 15) is 4.79 Å². The number of carbonyl (C=O) groups excluding carboxylic acids is 1. The predicted molar refractivity (Wildman–Crippen MR) is 76.8 cm³/mol. The van der Waals surface area contributed by atoms with E-state index in [1.165, 1.54) is 32.1 Å². The van der Waals surface area contributed by atoms with E-state index in [4.69, 9.17) is 5.73 Å². The first-order valence-electron chi connectivity index (χ1n) is 7.16. The number of rotatable bonds is 5. The zero-order valence-corrected chi connectivity index (χ0v) is 12.3. The van der Waals surface area contributed by atoms with Crippen LogP contribution in [0.4, 0.5) is 0 Å². The van der Waals surface area contributed by atoms with E-state index in [2.05, 4.69) is 0 Å². The fraction of sp³-hybridized carbons (Fsp3) is 0.929. The van der Waals surface area contributed by atoms with E-state index in [0.29, 0.717) is 18.2 Å². The minimum absolute atomic E-state index is 0. The molecule has 4 heteroatoms. The van der Waals surface area contributed by atoms with Crippen LogP contribution in [-0.4, -0.2) is 30.4 Å². The molecule has 0 aliphatic heterocycles. The van der Waals surface area contributed by atoms with Crippen molar-refractivity contribution < 1.29 is 4.79 Å². The molecule has 2 aliphatic carbocycles. The Morgan fingerprint density at radius 3 is 2.50 bits per heavy atom. The maximum Gasteiger partial charge on any atom is 0.222 e. The highest BCUT2D eigenvalue weighted by Gasteiger charge is 2.26. The molecule has 0 aromatic rings. The Morgan fingerprint density at radius 2 is 1.89 bits per heavy atom. The van der Waals surface area contributed by atoms with Crippen molar-refractivity contribution in [3.05, 3.63) is 0 Å². The van der Waals surface area contributed by atoms with Gasteiger partial charge in [0, 0.05) is 26.1 Å². The second-order valence-corrected chi connectivity index (χ2v) is 5.96. The Morgan fingerprint density at radius 1 is 1.22 bits per heavy atom. The minimum atomic E-state index is 0. The monoisotopic (exact) mass is 274 g/mol. The van der Waals surface area contributed by atoms with Crippen LogP contribution >= 0.6 is 12.4 Å². The van der Waals surface area contributed by atoms with Crippen LogP contribution in [0.1, 0.15) is 51.4 Å². The van der Waals surface area contributed by atoms with Gasteiger partial charge in [-0.25, -0.2) is 0 Å². The van der Waals surface area contributed by atoms with Gasteiger partial charge < -0.3 is 10.6 Å². The molecule has 0 aromatic heterocycles. The molecule has 0 bridgehead atoms. The largest absolute Gasteiger partial charge is 0.346 e. The lowest BCUT2D eigenvalue weighted by Gasteiger charge is -2.29. The van der Waals surface area contributed by atoms with E-state index in [-0.39, 0.29) is 18.4 Å². The summed E-state index contributed by atoms with van der Waals surface area (Å²) in [5, 5.41) is 0. The van der Waals surface area contributed by atoms with Gasteiger partial charge >= 0.3 is 0 Å². The van der Waals surface area contributed by atoms with Gasteiger partial charge in [-0.3, -0.25) is 4.79 Å². The zero-order valence-electron chi connectivity index (χ0n) is 11.4. The lowest BCUT2D eigenvalue weighted by molar-refractivity contribution is -0.131. The summed E-state index contributed by atoms with van der Waals surface area (Å²) < 4.78 is 0. The van der Waals surface area contributed by atoms with Gasteiger partial charge in [0.1, 0.15) is 0 Å². The molecule has 0 spiro atoms. The molecular weight excluding hydrogens is 248 g/mol. The number of halogens is 1. The normalized spacial score (nSPS) is 27.4. The maximum atomic E-state index is 12.1. The molecule has 2 unspecified atom stereocenters. The number of nitrogens with zero attached hydrogens (tertiary/aromatic N) is 1. The van der Waals surface area contributed by atoms with Crippen molar-refractivity contribution in [2.24, 2.45) is 17.6 Å². The fourth-order valence-corrected chi connectivity index (χ4v) is 2.78. The van der Waals surface area contributed by atoms with Gasteiger partial charge in [0.25, 0.3) is 0 Å². The highest BCUT2D eigenvalue weighted by atomic mass is 35.5. The molecule has 3 nitrogen and oxygen atoms in total. The molecule has 0 aromatic carbocycles. The van der Waals surface area contributed by atoms with Crippen molar-refractivity contribution in [1.29, 1.82) is 0 Å². The molecule has 106 valence electrons. The third kappa shape index (κ3) is 4.77. The second kappa shape index (κ2) is 7.34. The van der Waals surface area contributed by atoms with Gasteiger partial charge in [-0.1, -0.05) is 25.7 Å². The van der Waals surface area contributed by atoms with Gasteiger partial charge in [0.05, 0.1) is 0 Å². The van der Waals surface area contributed by atoms with E-state index in [1.54, 1.807) is 0 Å². The lowest BCUT2D eigenvalue weighted by atomic mass is 9.83. The van der Waals surface area contributed by atoms with Gasteiger partial charge in [-0.2, -0.15) is 0 Å². The van der Waals surface area contributed by atoms with Crippen LogP contribution in [0.5, 0.6) is 0 Å². The Hall–Kier alpha value is -0.280. The van der Waals surface area contributed by atoms with Gasteiger partial charge in [0.15, 0.2) is 0 Å². The smallest absolute Gasteiger partial charge is 0.222 e. The summed E-state index contributed by atoms with van der Waals surface area (Å²) in [5.41, 5.74) is 6.09. The number of amides is 1. The molecule has 2 fully saturated rings. The Kier molecular flexibility index (Phi) is 6.44. The molecule has 2 saturated carbocycles. The Labute approximate surface area is 117 Å². The molecule has 0 radical (unpaired) electrons. The molecule has 2 atom stereocenters. The first-order chi connectivity index (χ1) is 8.16. The standard InChI is InChI=1S/C14H26N2O.ClH/c1-16(9-8-11-6-7-11)14(17)10-12-4-2-3-5-13(12)15;/h11-13H,2-10,15H2,1H3;1H. The van der Waals surface area contributed by atoms with E-state index in [1.807, 2.05) is 11.9 Å². The van der Waals surface area contributed by atoms with Gasteiger partial charge in [0.2, 0.25) is 5.91 Å². The fourth-order valence-electron chi connectivity index (χ4n) is 2.78. The summed E-state index contributed by atoms with van der Waals surface area (Å²) >= 11 is 0. The summed E-state index contributed by atoms with van der Waals surface area (Å²) in [6.07, 6.45) is 9.33. The summed E-state index contributed by atoms with van der Waals surface area (Å²) in [5.74, 6) is 1.63. The van der Waals surface area contributed by atoms with Crippen LogP contribution in [-0.2, 0) is 4.79 Å². The van der Waals surface area contributed by atoms with Crippen molar-refractivity contribution in [2.75, 3.05) is 13.6 Å². The highest BCUT2D eigenvalue weighted by molar-refractivity contribution is 5.85. The molecule has 2 aliphatic rings. The average molecular weight is 275 g/mol. The maximum absolute atomic E-state index is 12.1. The van der Waals surface area contributed by atoms with Crippen molar-refractivity contribution >= 4 is 18.3 Å². The number of carbonyl (C=O) groups is 1. The van der Waals surface area contributed by atoms with Crippen LogP contribution < -0.4 is 5.73 Å². The second-order valence-electron chi connectivity index (χ2n) is 5.96. The zero-order chi connectivity index (χ0) is 12.3. The van der Waals surface area contributed by atoms with Crippen molar-refractivity contribution in [2.45, 2.75) is 57.4 Å². The first-order valence-corrected chi connectivity index (χ1v) is 7.16. The van der Waals surface area contributed by atoms with Crippen molar-refractivity contribution in [3.8, 4) is 0 Å². The molecule has 0 saturated heterocycles. The van der Waals surface area contributed by atoms with E-state index in [0.717, 1.165) is 25.3 Å². The molecule has 2 N–H and O–H groups in total. The van der Waals surface area contributed by atoms with Gasteiger partial charge in [-0.05, 0) is 31.1 Å². The summed E-state index contributed by atoms with van der Waals surface area (Å²) in [6, 6.07) is 0.254. The van der Waals surface area contributed by atoms with E-state index >= 15 is 0 Å². The molecule has 0 heterocycles. The summed E-state index contributed by atoms with van der Waals surface area (Å²) in [7, 11) is 1.94. The highest BCUT2D eigenvalue weighted by Crippen LogP contribution is 2.32. The molecule has 18 heavy (non-hydrogen) atoms. The summed E-state index contributed by atoms with van der Waals surface area (Å²) in [4.78, 5) is 14.0. The number of hydrogen-bond acceptors (Lipinski definition) is 2. The third-order valence-corrected chi connectivity index (χ3v) is 4.40. The number of hydrogen-bond donors (Lipinski definition) is 1. The summed E-state index contributed by atoms with van der Waals surface area (Å²) in [6.45, 7) is 0.936. The lowest BCUT2D eigenvalue weighted by Crippen LogP contribution is -2.38. The molecule has 2 rings (SSSR count). The minimum Gasteiger partial charge on any atom is -0.346 e. The van der Waals surface area contributed by atoms with E-state index < -0.39 is 0 Å². The molecular formula is C14H27ClN2O. The van der Waals surface area contributed by atoms with Crippen LogP contribution in [0, 0.1) is 11.8 Å². The Balaban J connectivity index is 0.00000162. The van der Waals surface area contributed by atoms with Crippen LogP contribution in [0.3, 0.4) is 0 Å². The number of nitrogens with two attached hydrogens (primary N) is 1. The topological polar surface area (TPSA) is 46.3 Å². The van der Waals surface area contributed by atoms with Gasteiger partial charge in [-0.15, -0.1) is 12.4 Å². The quantitative estimate of drug-likeness (QED) is 0.838.